The molecule has 4 aliphatic carbocycles. The minimum atomic E-state index is -0.698. The first-order valence-corrected chi connectivity index (χ1v) is 10.3. The molecule has 0 unspecified atom stereocenters. The van der Waals surface area contributed by atoms with Crippen LogP contribution in [0.25, 0.3) is 0 Å². The largest absolute Gasteiger partial charge is 0.394 e. The Balaban J connectivity index is 1.65. The molecule has 142 valence electrons. The Kier molecular flexibility index (Phi) is 4.33. The number of rotatable bonds is 2. The Morgan fingerprint density at radius 3 is 2.60 bits per heavy atom. The van der Waals surface area contributed by atoms with Gasteiger partial charge in [0.15, 0.2) is 0 Å². The zero-order chi connectivity index (χ0) is 18.0. The number of Topliss-reactive ketones (excluding diaryl/α,β-unsaturated/α-hetero) is 1. The minimum Gasteiger partial charge on any atom is -0.394 e. The molecule has 0 bridgehead atoms. The van der Waals surface area contributed by atoms with Crippen molar-refractivity contribution in [2.45, 2.75) is 77.4 Å². The van der Waals surface area contributed by atoms with Crippen LogP contribution in [0, 0.1) is 40.4 Å². The molecule has 0 amide bonds. The lowest BCUT2D eigenvalue weighted by Gasteiger charge is -2.60. The van der Waals surface area contributed by atoms with Crippen molar-refractivity contribution in [2.75, 3.05) is 6.61 Å². The third kappa shape index (κ3) is 2.47. The van der Waals surface area contributed by atoms with Crippen LogP contribution in [0.1, 0.15) is 65.2 Å². The summed E-state index contributed by atoms with van der Waals surface area (Å²) >= 11 is 0. The molecule has 9 atom stereocenters. The van der Waals surface area contributed by atoms with Crippen molar-refractivity contribution in [3.63, 3.8) is 0 Å². The van der Waals surface area contributed by atoms with Gasteiger partial charge in [0.2, 0.25) is 0 Å². The van der Waals surface area contributed by atoms with E-state index in [2.05, 4.69) is 13.8 Å². The van der Waals surface area contributed by atoms with Gasteiger partial charge >= 0.3 is 0 Å². The van der Waals surface area contributed by atoms with E-state index in [4.69, 9.17) is 0 Å². The van der Waals surface area contributed by atoms with Crippen LogP contribution >= 0.6 is 0 Å². The molecule has 0 radical (unpaired) electrons. The standard InChI is InChI=1S/C21H34O4/c1-20-8-7-13(23)9-12(20)3-4-14-15-5-6-16(18(25)11-22)21(15,2)10-17(24)19(14)20/h12-16,18-19,22-23,25H,3-11H2,1-2H3/t12-,13-,14+,15-,16-,18+,19-,20+,21+/m1/s1. The van der Waals surface area contributed by atoms with Crippen LogP contribution in [0.15, 0.2) is 0 Å². The van der Waals surface area contributed by atoms with Gasteiger partial charge in [-0.1, -0.05) is 13.8 Å². The summed E-state index contributed by atoms with van der Waals surface area (Å²) in [5.74, 6) is 1.98. The van der Waals surface area contributed by atoms with Gasteiger partial charge in [0.1, 0.15) is 5.78 Å². The summed E-state index contributed by atoms with van der Waals surface area (Å²) in [4.78, 5) is 13.4. The van der Waals surface area contributed by atoms with Gasteiger partial charge in [0.05, 0.1) is 18.8 Å². The normalized spacial score (nSPS) is 53.7. The highest BCUT2D eigenvalue weighted by Crippen LogP contribution is 2.66. The van der Waals surface area contributed by atoms with Gasteiger partial charge in [-0.25, -0.2) is 0 Å². The smallest absolute Gasteiger partial charge is 0.137 e. The van der Waals surface area contributed by atoms with E-state index in [9.17, 15) is 20.1 Å². The minimum absolute atomic E-state index is 0.0473. The Morgan fingerprint density at radius 2 is 1.88 bits per heavy atom. The average Bonchev–Trinajstić information content (AvgIpc) is 2.91. The maximum absolute atomic E-state index is 13.4. The fourth-order valence-corrected chi connectivity index (χ4v) is 7.85. The molecule has 0 aromatic carbocycles. The number of hydrogen-bond donors (Lipinski definition) is 3. The summed E-state index contributed by atoms with van der Waals surface area (Å²) in [7, 11) is 0. The lowest BCUT2D eigenvalue weighted by Crippen LogP contribution is -2.58. The van der Waals surface area contributed by atoms with Crippen molar-refractivity contribution >= 4 is 5.78 Å². The summed E-state index contributed by atoms with van der Waals surface area (Å²) in [6.07, 6.45) is 6.56. The average molecular weight is 350 g/mol. The molecule has 3 N–H and O–H groups in total. The SMILES string of the molecule is C[C@]12CC(=O)[C@H]3[C@@H](CC[C@@H]4C[C@H](O)CC[C@@]43C)[C@H]1CC[C@@H]2[C@@H](O)CO. The van der Waals surface area contributed by atoms with Crippen LogP contribution < -0.4 is 0 Å². The number of aliphatic hydroxyl groups excluding tert-OH is 3. The second-order valence-corrected chi connectivity index (χ2v) is 10.0. The molecule has 4 heteroatoms. The van der Waals surface area contributed by atoms with E-state index in [-0.39, 0.29) is 35.4 Å². The molecule has 4 nitrogen and oxygen atoms in total. The van der Waals surface area contributed by atoms with E-state index in [0.29, 0.717) is 30.0 Å². The molecule has 4 aliphatic rings. The summed E-state index contributed by atoms with van der Waals surface area (Å²) in [6, 6.07) is 0. The molecule has 4 fully saturated rings. The second kappa shape index (κ2) is 6.03. The van der Waals surface area contributed by atoms with Crippen LogP contribution in [0.3, 0.4) is 0 Å². The molecule has 0 spiro atoms. The van der Waals surface area contributed by atoms with Gasteiger partial charge in [-0.2, -0.15) is 0 Å². The number of hydrogen-bond acceptors (Lipinski definition) is 4. The first-order valence-electron chi connectivity index (χ1n) is 10.3. The quantitative estimate of drug-likeness (QED) is 0.715. The highest BCUT2D eigenvalue weighted by Gasteiger charge is 2.63. The van der Waals surface area contributed by atoms with E-state index >= 15 is 0 Å². The Labute approximate surface area is 151 Å². The number of carbonyl (C=O) groups is 1. The van der Waals surface area contributed by atoms with Crippen LogP contribution in [0.2, 0.25) is 0 Å². The van der Waals surface area contributed by atoms with Crippen molar-refractivity contribution in [3.8, 4) is 0 Å². The van der Waals surface area contributed by atoms with Gasteiger partial charge in [-0.15, -0.1) is 0 Å². The van der Waals surface area contributed by atoms with E-state index in [1.54, 1.807) is 0 Å². The van der Waals surface area contributed by atoms with Crippen molar-refractivity contribution in [1.82, 2.24) is 0 Å². The predicted octanol–water partition coefficient (Wildman–Crippen LogP) is 2.54. The Morgan fingerprint density at radius 1 is 1.12 bits per heavy atom. The maximum atomic E-state index is 13.4. The lowest BCUT2D eigenvalue weighted by molar-refractivity contribution is -0.164. The van der Waals surface area contributed by atoms with Crippen LogP contribution in [-0.2, 0) is 4.79 Å². The molecule has 4 saturated carbocycles. The maximum Gasteiger partial charge on any atom is 0.137 e. The Hall–Kier alpha value is -0.450. The summed E-state index contributed by atoms with van der Waals surface area (Å²) in [5.41, 5.74) is -0.105. The van der Waals surface area contributed by atoms with Crippen molar-refractivity contribution in [1.29, 1.82) is 0 Å². The van der Waals surface area contributed by atoms with Crippen molar-refractivity contribution in [2.24, 2.45) is 40.4 Å². The van der Waals surface area contributed by atoms with Crippen molar-refractivity contribution < 1.29 is 20.1 Å². The highest BCUT2D eigenvalue weighted by molar-refractivity contribution is 5.84. The van der Waals surface area contributed by atoms with Gasteiger partial charge in [0, 0.05) is 12.3 Å². The van der Waals surface area contributed by atoms with Gasteiger partial charge < -0.3 is 15.3 Å². The number of aliphatic hydroxyl groups is 3. The first-order chi connectivity index (χ1) is 11.8. The molecule has 25 heavy (non-hydrogen) atoms. The molecule has 0 aromatic rings. The second-order valence-electron chi connectivity index (χ2n) is 10.0. The first kappa shape index (κ1) is 17.9. The number of ketones is 1. The molecular formula is C21H34O4. The van der Waals surface area contributed by atoms with Crippen molar-refractivity contribution in [3.05, 3.63) is 0 Å². The molecular weight excluding hydrogens is 316 g/mol. The summed E-state index contributed by atoms with van der Waals surface area (Å²) < 4.78 is 0. The fourth-order valence-electron chi connectivity index (χ4n) is 7.85. The highest BCUT2D eigenvalue weighted by atomic mass is 16.3. The van der Waals surface area contributed by atoms with E-state index < -0.39 is 6.10 Å². The summed E-state index contributed by atoms with van der Waals surface area (Å²) in [6.45, 7) is 4.31. The van der Waals surface area contributed by atoms with Crippen LogP contribution in [0.5, 0.6) is 0 Å². The molecule has 0 aliphatic heterocycles. The van der Waals surface area contributed by atoms with E-state index in [0.717, 1.165) is 44.9 Å². The molecule has 4 rings (SSSR count). The topological polar surface area (TPSA) is 77.8 Å². The molecule has 0 heterocycles. The monoisotopic (exact) mass is 350 g/mol. The zero-order valence-corrected chi connectivity index (χ0v) is 15.7. The third-order valence-electron chi connectivity index (χ3n) is 9.05. The van der Waals surface area contributed by atoms with E-state index in [1.165, 1.54) is 0 Å². The fraction of sp³-hybridized carbons (Fsp3) is 0.952. The Bertz CT molecular complexity index is 548. The third-order valence-corrected chi connectivity index (χ3v) is 9.05. The van der Waals surface area contributed by atoms with E-state index in [1.807, 2.05) is 0 Å². The summed E-state index contributed by atoms with van der Waals surface area (Å²) in [5, 5.41) is 29.9. The van der Waals surface area contributed by atoms with Crippen LogP contribution in [0.4, 0.5) is 0 Å². The molecule has 0 saturated heterocycles. The van der Waals surface area contributed by atoms with Gasteiger partial charge in [-0.05, 0) is 79.4 Å². The molecule has 0 aromatic heterocycles. The number of carbonyl (C=O) groups excluding carboxylic acids is 1. The van der Waals surface area contributed by atoms with Gasteiger partial charge in [-0.3, -0.25) is 4.79 Å². The predicted molar refractivity (Wildman–Crippen MR) is 94.7 cm³/mol. The zero-order valence-electron chi connectivity index (χ0n) is 15.7. The van der Waals surface area contributed by atoms with Crippen LogP contribution in [-0.4, -0.2) is 39.9 Å². The number of fused-ring (bicyclic) bond motifs is 5. The lowest BCUT2D eigenvalue weighted by atomic mass is 9.44. The van der Waals surface area contributed by atoms with Gasteiger partial charge in [0.25, 0.3) is 0 Å².